The van der Waals surface area contributed by atoms with Crippen molar-refractivity contribution >= 4 is 17.1 Å². The molecule has 0 aliphatic heterocycles. The van der Waals surface area contributed by atoms with Gasteiger partial charge in [0, 0.05) is 0 Å². The molecule has 3 N–H and O–H groups in total. The highest BCUT2D eigenvalue weighted by atomic mass is 17.2. The van der Waals surface area contributed by atoms with E-state index in [-0.39, 0.29) is 6.07 Å². The van der Waals surface area contributed by atoms with Crippen LogP contribution in [0.4, 0.5) is 17.1 Å². The van der Waals surface area contributed by atoms with Crippen LogP contribution in [0.1, 0.15) is 0 Å². The molecule has 0 fully saturated rings. The Labute approximate surface area is 111 Å². The Morgan fingerprint density at radius 3 is 1.48 bits per heavy atom. The topological polar surface area (TPSA) is 229 Å². The van der Waals surface area contributed by atoms with Gasteiger partial charge < -0.3 is 10.2 Å². The van der Waals surface area contributed by atoms with Gasteiger partial charge in [0.2, 0.25) is 0 Å². The maximum absolute atomic E-state index is 10.4. The van der Waals surface area contributed by atoms with Gasteiger partial charge in [-0.15, -0.1) is 4.91 Å². The van der Waals surface area contributed by atoms with Crippen molar-refractivity contribution in [2.75, 3.05) is 0 Å². The minimum Gasteiger partial charge on any atom is -0.497 e. The third-order valence-electron chi connectivity index (χ3n) is 1.82. The number of nitro benzene ring substituents is 3. The van der Waals surface area contributed by atoms with Crippen LogP contribution in [0.15, 0.2) is 11.4 Å². The van der Waals surface area contributed by atoms with Crippen molar-refractivity contribution in [2.24, 2.45) is 5.34 Å². The van der Waals surface area contributed by atoms with E-state index in [9.17, 15) is 30.3 Å². The molecule has 0 aromatic heterocycles. The summed E-state index contributed by atoms with van der Waals surface area (Å²) >= 11 is 0. The molecule has 15 heteroatoms. The largest absolute Gasteiger partial charge is 0.497 e. The summed E-state index contributed by atoms with van der Waals surface area (Å²) in [5, 5.41) is 58.0. The Hall–Kier alpha value is -3.62. The van der Waals surface area contributed by atoms with Crippen LogP contribution in [0.2, 0.25) is 0 Å². The molecule has 1 rings (SSSR count). The van der Waals surface area contributed by atoms with Crippen LogP contribution in [-0.2, 0) is 4.99 Å². The molecule has 0 saturated heterocycles. The van der Waals surface area contributed by atoms with Gasteiger partial charge in [-0.25, -0.2) is 0 Å². The van der Waals surface area contributed by atoms with E-state index >= 15 is 0 Å². The van der Waals surface area contributed by atoms with Crippen LogP contribution in [0.5, 0.6) is 11.5 Å². The lowest BCUT2D eigenvalue weighted by Crippen LogP contribution is -1.98. The Morgan fingerprint density at radius 1 is 0.952 bits per heavy atom. The highest BCUT2D eigenvalue weighted by Gasteiger charge is 2.36. The molecule has 114 valence electrons. The first kappa shape index (κ1) is 17.4. The molecule has 21 heavy (non-hydrogen) atoms. The lowest BCUT2D eigenvalue weighted by molar-refractivity contribution is -0.405. The zero-order chi connectivity index (χ0) is 16.7. The summed E-state index contributed by atoms with van der Waals surface area (Å²) in [7, 11) is 0. The second-order valence-electron chi connectivity index (χ2n) is 2.89. The molecule has 0 heterocycles. The number of hydrogen-bond acceptors (Lipinski definition) is 12. The van der Waals surface area contributed by atoms with E-state index in [2.05, 4.69) is 4.99 Å². The van der Waals surface area contributed by atoms with E-state index in [0.717, 1.165) is 0 Å². The van der Waals surface area contributed by atoms with E-state index < -0.39 is 43.3 Å². The first-order valence-corrected chi connectivity index (χ1v) is 4.34. The van der Waals surface area contributed by atoms with Gasteiger partial charge in [0.25, 0.3) is 11.5 Å². The first-order valence-electron chi connectivity index (χ1n) is 4.34. The van der Waals surface area contributed by atoms with Crippen LogP contribution in [0, 0.1) is 35.3 Å². The minimum absolute atomic E-state index is 0.234. The second kappa shape index (κ2) is 7.09. The van der Waals surface area contributed by atoms with Crippen molar-refractivity contribution in [2.45, 2.75) is 0 Å². The van der Waals surface area contributed by atoms with E-state index in [4.69, 9.17) is 20.4 Å². The van der Waals surface area contributed by atoms with Gasteiger partial charge in [0.15, 0.2) is 5.34 Å². The average molecular weight is 308 g/mol. The van der Waals surface area contributed by atoms with Gasteiger partial charge in [-0.1, -0.05) is 0 Å². The third-order valence-corrected chi connectivity index (χ3v) is 1.82. The lowest BCUT2D eigenvalue weighted by atomic mass is 10.2. The predicted octanol–water partition coefficient (Wildman–Crippen LogP) is 0.980. The van der Waals surface area contributed by atoms with Gasteiger partial charge >= 0.3 is 17.1 Å². The number of nitro groups is 3. The number of aromatic hydroxyl groups is 2. The standard InChI is InChI=1S/C6H3N3O8.HNO3/c10-5-2(7(12)13)1-3(8(14)15)6(11)4(5)9(16)17;2-1-4-3/h1,10-11H;3H. The van der Waals surface area contributed by atoms with E-state index in [1.54, 1.807) is 5.34 Å². The summed E-state index contributed by atoms with van der Waals surface area (Å²) in [4.78, 5) is 38.5. The summed E-state index contributed by atoms with van der Waals surface area (Å²) in [6.45, 7) is 0. The quantitative estimate of drug-likeness (QED) is 0.307. The van der Waals surface area contributed by atoms with Crippen LogP contribution in [0.3, 0.4) is 0 Å². The molecule has 1 aromatic carbocycles. The van der Waals surface area contributed by atoms with Crippen molar-refractivity contribution in [3.8, 4) is 11.5 Å². The smallest absolute Gasteiger partial charge is 0.366 e. The maximum Gasteiger partial charge on any atom is 0.366 e. The first-order chi connectivity index (χ1) is 9.68. The molecule has 0 aliphatic carbocycles. The number of hydrogen-bond donors (Lipinski definition) is 3. The highest BCUT2D eigenvalue weighted by molar-refractivity contribution is 5.73. The normalized spacial score (nSPS) is 9.00. The zero-order valence-electron chi connectivity index (χ0n) is 9.47. The van der Waals surface area contributed by atoms with Crippen LogP contribution >= 0.6 is 0 Å². The van der Waals surface area contributed by atoms with Crippen molar-refractivity contribution in [3.63, 3.8) is 0 Å². The molecule has 15 nitrogen and oxygen atoms in total. The molecule has 0 atom stereocenters. The van der Waals surface area contributed by atoms with Crippen molar-refractivity contribution < 1.29 is 35.2 Å². The van der Waals surface area contributed by atoms with E-state index in [1.807, 2.05) is 0 Å². The molecule has 0 aliphatic rings. The SMILES string of the molecule is O=NOO.O=[N+]([O-])c1cc([N+](=O)[O-])c(O)c([N+](=O)[O-])c1O. The molecule has 0 amide bonds. The predicted molar refractivity (Wildman–Crippen MR) is 59.2 cm³/mol. The molecule has 0 spiro atoms. The number of benzene rings is 1. The third kappa shape index (κ3) is 3.92. The Bertz CT molecular complexity index is 561. The fourth-order valence-corrected chi connectivity index (χ4v) is 1.07. The Balaban J connectivity index is 0.000000885. The number of phenols is 2. The number of rotatable bonds is 4. The summed E-state index contributed by atoms with van der Waals surface area (Å²) in [6.07, 6.45) is 0. The van der Waals surface area contributed by atoms with Crippen molar-refractivity contribution in [1.29, 1.82) is 0 Å². The molecular weight excluding hydrogens is 304 g/mol. The summed E-state index contributed by atoms with van der Waals surface area (Å²) in [6, 6.07) is 0.234. The van der Waals surface area contributed by atoms with Gasteiger partial charge in [-0.05, 0) is 0 Å². The van der Waals surface area contributed by atoms with Crippen LogP contribution in [-0.4, -0.2) is 30.2 Å². The summed E-state index contributed by atoms with van der Waals surface area (Å²) in [5.41, 5.74) is -3.95. The Morgan fingerprint density at radius 2 is 1.29 bits per heavy atom. The second-order valence-corrected chi connectivity index (χ2v) is 2.89. The molecule has 1 aromatic rings. The molecule has 0 radical (unpaired) electrons. The highest BCUT2D eigenvalue weighted by Crippen LogP contribution is 2.47. The maximum atomic E-state index is 10.4. The molecular formula is C6H4N4O11. The van der Waals surface area contributed by atoms with Gasteiger partial charge in [0.05, 0.1) is 14.8 Å². The van der Waals surface area contributed by atoms with Crippen molar-refractivity contribution in [3.05, 3.63) is 41.3 Å². The fraction of sp³-hybridized carbons (Fsp3) is 0. The summed E-state index contributed by atoms with van der Waals surface area (Å²) in [5.74, 6) is -2.88. The monoisotopic (exact) mass is 308 g/mol. The van der Waals surface area contributed by atoms with Crippen LogP contribution in [0.25, 0.3) is 0 Å². The van der Waals surface area contributed by atoms with E-state index in [1.165, 1.54) is 0 Å². The van der Waals surface area contributed by atoms with E-state index in [0.29, 0.717) is 0 Å². The number of nitrogens with zero attached hydrogens (tertiary/aromatic N) is 4. The number of phenolic OH excluding ortho intramolecular Hbond substituents is 2. The fourth-order valence-electron chi connectivity index (χ4n) is 1.07. The zero-order valence-corrected chi connectivity index (χ0v) is 9.47. The van der Waals surface area contributed by atoms with Crippen LogP contribution < -0.4 is 0 Å². The van der Waals surface area contributed by atoms with Gasteiger partial charge in [-0.2, -0.15) is 10.2 Å². The molecule has 0 saturated carbocycles. The van der Waals surface area contributed by atoms with Gasteiger partial charge in [0.1, 0.15) is 6.07 Å². The minimum atomic E-state index is -1.48. The van der Waals surface area contributed by atoms with Crippen molar-refractivity contribution in [1.82, 2.24) is 0 Å². The lowest BCUT2D eigenvalue weighted by Gasteiger charge is -2.00. The Kier molecular flexibility index (Phi) is 5.87. The molecule has 0 bridgehead atoms. The summed E-state index contributed by atoms with van der Waals surface area (Å²) < 4.78 is 0. The van der Waals surface area contributed by atoms with Gasteiger partial charge in [-0.3, -0.25) is 30.3 Å². The molecule has 0 unspecified atom stereocenters. The average Bonchev–Trinajstić information content (AvgIpc) is 2.37.